The van der Waals surface area contributed by atoms with Crippen LogP contribution in [-0.4, -0.2) is 22.2 Å². The first-order valence-corrected chi connectivity index (χ1v) is 8.21. The van der Waals surface area contributed by atoms with Gasteiger partial charge in [-0.25, -0.2) is 4.68 Å². The summed E-state index contributed by atoms with van der Waals surface area (Å²) >= 11 is 0. The average molecular weight is 319 g/mol. The Morgan fingerprint density at radius 3 is 2.29 bits per heavy atom. The van der Waals surface area contributed by atoms with E-state index in [0.29, 0.717) is 17.8 Å². The second kappa shape index (κ2) is 7.13. The number of para-hydroxylation sites is 1. The summed E-state index contributed by atoms with van der Waals surface area (Å²) in [4.78, 5) is 12.7. The highest BCUT2D eigenvalue weighted by Gasteiger charge is 2.22. The molecule has 3 aromatic rings. The van der Waals surface area contributed by atoms with E-state index >= 15 is 0 Å². The SMILES string of the molecule is CCCNC(=O)c1c(-c2ccccc2)nn(-c2ccccc2)c1C. The van der Waals surface area contributed by atoms with Gasteiger partial charge in [0.15, 0.2) is 0 Å². The fourth-order valence-corrected chi connectivity index (χ4v) is 2.72. The summed E-state index contributed by atoms with van der Waals surface area (Å²) in [6.45, 7) is 4.63. The van der Waals surface area contributed by atoms with Gasteiger partial charge in [-0.05, 0) is 25.5 Å². The number of nitrogens with zero attached hydrogens (tertiary/aromatic N) is 2. The molecule has 0 radical (unpaired) electrons. The Bertz CT molecular complexity index is 823. The van der Waals surface area contributed by atoms with E-state index in [9.17, 15) is 4.79 Å². The number of rotatable bonds is 5. The fraction of sp³-hybridized carbons (Fsp3) is 0.200. The van der Waals surface area contributed by atoms with Crippen molar-refractivity contribution in [3.63, 3.8) is 0 Å². The minimum Gasteiger partial charge on any atom is -0.352 e. The molecule has 0 aliphatic rings. The summed E-state index contributed by atoms with van der Waals surface area (Å²) < 4.78 is 1.84. The Kier molecular flexibility index (Phi) is 4.75. The van der Waals surface area contributed by atoms with Crippen molar-refractivity contribution in [1.82, 2.24) is 15.1 Å². The molecule has 0 atom stereocenters. The first kappa shape index (κ1) is 16.0. The smallest absolute Gasteiger partial charge is 0.255 e. The summed E-state index contributed by atoms with van der Waals surface area (Å²) in [6.07, 6.45) is 0.901. The highest BCUT2D eigenvalue weighted by molar-refractivity contribution is 6.01. The molecule has 1 amide bonds. The third-order valence-electron chi connectivity index (χ3n) is 3.93. The molecule has 0 bridgehead atoms. The second-order valence-electron chi connectivity index (χ2n) is 5.68. The lowest BCUT2D eigenvalue weighted by Gasteiger charge is -2.06. The number of carbonyl (C=O) groups is 1. The molecule has 0 saturated carbocycles. The molecule has 2 aromatic carbocycles. The highest BCUT2D eigenvalue weighted by Crippen LogP contribution is 2.27. The maximum atomic E-state index is 12.7. The highest BCUT2D eigenvalue weighted by atomic mass is 16.1. The van der Waals surface area contributed by atoms with Gasteiger partial charge in [-0.3, -0.25) is 4.79 Å². The van der Waals surface area contributed by atoms with E-state index in [-0.39, 0.29) is 5.91 Å². The average Bonchev–Trinajstić information content (AvgIpc) is 2.98. The number of aromatic nitrogens is 2. The molecule has 0 fully saturated rings. The lowest BCUT2D eigenvalue weighted by molar-refractivity contribution is 0.0953. The van der Waals surface area contributed by atoms with E-state index in [1.54, 1.807) is 0 Å². The van der Waals surface area contributed by atoms with E-state index in [1.165, 1.54) is 0 Å². The van der Waals surface area contributed by atoms with Crippen LogP contribution >= 0.6 is 0 Å². The van der Waals surface area contributed by atoms with Crippen LogP contribution in [0.1, 0.15) is 29.4 Å². The molecule has 0 aliphatic carbocycles. The molecule has 1 N–H and O–H groups in total. The molecule has 4 nitrogen and oxygen atoms in total. The Morgan fingerprint density at radius 1 is 1.04 bits per heavy atom. The predicted molar refractivity (Wildman–Crippen MR) is 96.4 cm³/mol. The van der Waals surface area contributed by atoms with Crippen molar-refractivity contribution in [3.8, 4) is 16.9 Å². The van der Waals surface area contributed by atoms with Gasteiger partial charge in [-0.2, -0.15) is 5.10 Å². The molecule has 1 heterocycles. The van der Waals surface area contributed by atoms with Gasteiger partial charge in [-0.15, -0.1) is 0 Å². The van der Waals surface area contributed by atoms with Crippen molar-refractivity contribution >= 4 is 5.91 Å². The number of hydrogen-bond acceptors (Lipinski definition) is 2. The largest absolute Gasteiger partial charge is 0.352 e. The predicted octanol–water partition coefficient (Wildman–Crippen LogP) is 3.99. The van der Waals surface area contributed by atoms with Crippen LogP contribution in [0.3, 0.4) is 0 Å². The first-order chi connectivity index (χ1) is 11.7. The Morgan fingerprint density at radius 2 is 1.67 bits per heavy atom. The van der Waals surface area contributed by atoms with Crippen LogP contribution in [0.5, 0.6) is 0 Å². The molecule has 0 saturated heterocycles. The normalized spacial score (nSPS) is 10.6. The minimum atomic E-state index is -0.0737. The number of nitrogens with one attached hydrogen (secondary N) is 1. The van der Waals surface area contributed by atoms with E-state index in [4.69, 9.17) is 5.10 Å². The van der Waals surface area contributed by atoms with Gasteiger partial charge in [0.25, 0.3) is 5.91 Å². The van der Waals surface area contributed by atoms with Crippen molar-refractivity contribution in [2.75, 3.05) is 6.54 Å². The quantitative estimate of drug-likeness (QED) is 0.773. The maximum Gasteiger partial charge on any atom is 0.255 e. The second-order valence-corrected chi connectivity index (χ2v) is 5.68. The zero-order chi connectivity index (χ0) is 16.9. The van der Waals surface area contributed by atoms with Crippen molar-refractivity contribution in [1.29, 1.82) is 0 Å². The molecule has 3 rings (SSSR count). The zero-order valence-corrected chi connectivity index (χ0v) is 14.0. The first-order valence-electron chi connectivity index (χ1n) is 8.21. The molecule has 24 heavy (non-hydrogen) atoms. The molecule has 0 spiro atoms. The summed E-state index contributed by atoms with van der Waals surface area (Å²) in [5.74, 6) is -0.0737. The van der Waals surface area contributed by atoms with Gasteiger partial charge in [0.1, 0.15) is 5.69 Å². The summed E-state index contributed by atoms with van der Waals surface area (Å²) in [5.41, 5.74) is 4.08. The molecule has 122 valence electrons. The number of benzene rings is 2. The summed E-state index contributed by atoms with van der Waals surface area (Å²) in [5, 5.41) is 7.71. The van der Waals surface area contributed by atoms with E-state index < -0.39 is 0 Å². The molecule has 0 aliphatic heterocycles. The van der Waals surface area contributed by atoms with Gasteiger partial charge in [-0.1, -0.05) is 55.5 Å². The molecular weight excluding hydrogens is 298 g/mol. The van der Waals surface area contributed by atoms with Crippen molar-refractivity contribution < 1.29 is 4.79 Å². The van der Waals surface area contributed by atoms with E-state index in [0.717, 1.165) is 23.4 Å². The van der Waals surface area contributed by atoms with E-state index in [1.807, 2.05) is 79.2 Å². The number of amides is 1. The van der Waals surface area contributed by atoms with Crippen molar-refractivity contribution in [2.24, 2.45) is 0 Å². The van der Waals surface area contributed by atoms with Crippen LogP contribution in [0.4, 0.5) is 0 Å². The standard InChI is InChI=1S/C20H21N3O/c1-3-14-21-20(24)18-15(2)23(17-12-8-5-9-13-17)22-19(18)16-10-6-4-7-11-16/h4-13H,3,14H2,1-2H3,(H,21,24). The van der Waals surface area contributed by atoms with Gasteiger partial charge >= 0.3 is 0 Å². The number of carbonyl (C=O) groups excluding carboxylic acids is 1. The van der Waals surface area contributed by atoms with Crippen LogP contribution in [0.15, 0.2) is 60.7 Å². The summed E-state index contributed by atoms with van der Waals surface area (Å²) in [7, 11) is 0. The molecule has 1 aromatic heterocycles. The Labute approximate surface area is 142 Å². The lowest BCUT2D eigenvalue weighted by atomic mass is 10.1. The van der Waals surface area contributed by atoms with Crippen molar-refractivity contribution in [2.45, 2.75) is 20.3 Å². The van der Waals surface area contributed by atoms with Gasteiger partial charge in [0.05, 0.1) is 16.9 Å². The van der Waals surface area contributed by atoms with E-state index in [2.05, 4.69) is 5.32 Å². The fourth-order valence-electron chi connectivity index (χ4n) is 2.72. The Hall–Kier alpha value is -2.88. The van der Waals surface area contributed by atoms with Gasteiger partial charge < -0.3 is 5.32 Å². The van der Waals surface area contributed by atoms with Crippen LogP contribution in [0.25, 0.3) is 16.9 Å². The van der Waals surface area contributed by atoms with Crippen LogP contribution in [0, 0.1) is 6.92 Å². The van der Waals surface area contributed by atoms with Gasteiger partial charge in [0.2, 0.25) is 0 Å². The Balaban J connectivity index is 2.14. The van der Waals surface area contributed by atoms with Crippen LogP contribution in [0.2, 0.25) is 0 Å². The molecule has 0 unspecified atom stereocenters. The topological polar surface area (TPSA) is 46.9 Å². The monoisotopic (exact) mass is 319 g/mol. The zero-order valence-electron chi connectivity index (χ0n) is 14.0. The third kappa shape index (κ3) is 3.08. The lowest BCUT2D eigenvalue weighted by Crippen LogP contribution is -2.25. The number of hydrogen-bond donors (Lipinski definition) is 1. The van der Waals surface area contributed by atoms with Gasteiger partial charge in [0, 0.05) is 12.1 Å². The van der Waals surface area contributed by atoms with Crippen LogP contribution < -0.4 is 5.32 Å². The minimum absolute atomic E-state index is 0.0737. The summed E-state index contributed by atoms with van der Waals surface area (Å²) in [6, 6.07) is 19.7. The molecular formula is C20H21N3O. The van der Waals surface area contributed by atoms with Crippen LogP contribution in [-0.2, 0) is 0 Å². The maximum absolute atomic E-state index is 12.7. The molecule has 4 heteroatoms. The van der Waals surface area contributed by atoms with Crippen molar-refractivity contribution in [3.05, 3.63) is 71.9 Å². The third-order valence-corrected chi connectivity index (χ3v) is 3.93.